The maximum atomic E-state index is 12.4. The Kier molecular flexibility index (Phi) is 3.84. The highest BCUT2D eigenvalue weighted by Gasteiger charge is 2.15. The van der Waals surface area contributed by atoms with Crippen LogP contribution in [0.2, 0.25) is 5.02 Å². The number of carbonyl (C=O) groups excluding carboxylic acids is 1. The monoisotopic (exact) mass is 300 g/mol. The summed E-state index contributed by atoms with van der Waals surface area (Å²) < 4.78 is 0. The molecule has 3 rings (SSSR count). The average Bonchev–Trinajstić information content (AvgIpc) is 2.50. The van der Waals surface area contributed by atoms with Gasteiger partial charge in [0.15, 0.2) is 0 Å². The molecule has 0 bridgehead atoms. The first-order chi connectivity index (χ1) is 10.1. The molecule has 0 atom stereocenters. The van der Waals surface area contributed by atoms with Gasteiger partial charge in [-0.25, -0.2) is 0 Å². The molecule has 0 saturated heterocycles. The summed E-state index contributed by atoms with van der Waals surface area (Å²) in [6, 6.07) is 11.0. The Morgan fingerprint density at radius 3 is 2.76 bits per heavy atom. The lowest BCUT2D eigenvalue weighted by Crippen LogP contribution is -2.15. The van der Waals surface area contributed by atoms with Crippen LogP contribution in [0.4, 0.5) is 11.4 Å². The maximum absolute atomic E-state index is 12.4. The van der Waals surface area contributed by atoms with Gasteiger partial charge in [0, 0.05) is 11.3 Å². The molecule has 0 spiro atoms. The minimum absolute atomic E-state index is 0.155. The summed E-state index contributed by atoms with van der Waals surface area (Å²) in [4.78, 5) is 12.4. The second-order valence-corrected chi connectivity index (χ2v) is 5.75. The third kappa shape index (κ3) is 2.88. The highest BCUT2D eigenvalue weighted by molar-refractivity contribution is 6.33. The van der Waals surface area contributed by atoms with Crippen molar-refractivity contribution in [2.45, 2.75) is 25.7 Å². The molecule has 1 aliphatic rings. The van der Waals surface area contributed by atoms with Gasteiger partial charge < -0.3 is 11.1 Å². The van der Waals surface area contributed by atoms with Crippen molar-refractivity contribution in [1.82, 2.24) is 0 Å². The van der Waals surface area contributed by atoms with E-state index in [2.05, 4.69) is 11.4 Å². The SMILES string of the molecule is Nc1cc(C(=O)Nc2cccc3c2CCCC3)ccc1Cl. The second-order valence-electron chi connectivity index (χ2n) is 5.34. The first-order valence-electron chi connectivity index (χ1n) is 7.12. The highest BCUT2D eigenvalue weighted by Crippen LogP contribution is 2.28. The standard InChI is InChI=1S/C17H17ClN2O/c18-14-9-8-12(10-15(14)19)17(21)20-16-7-3-5-11-4-1-2-6-13(11)16/h3,5,7-10H,1-2,4,6,19H2,(H,20,21). The number of nitrogens with one attached hydrogen (secondary N) is 1. The normalized spacial score (nSPS) is 13.6. The Hall–Kier alpha value is -2.00. The molecular formula is C17H17ClN2O. The molecule has 0 fully saturated rings. The number of halogens is 1. The zero-order chi connectivity index (χ0) is 14.8. The van der Waals surface area contributed by atoms with E-state index < -0.39 is 0 Å². The number of aryl methyl sites for hydroxylation is 1. The molecule has 0 radical (unpaired) electrons. The lowest BCUT2D eigenvalue weighted by molar-refractivity contribution is 0.102. The van der Waals surface area contributed by atoms with Crippen molar-refractivity contribution in [1.29, 1.82) is 0 Å². The molecule has 0 unspecified atom stereocenters. The van der Waals surface area contributed by atoms with Crippen molar-refractivity contribution in [2.24, 2.45) is 0 Å². The summed E-state index contributed by atoms with van der Waals surface area (Å²) >= 11 is 5.88. The number of nitrogens with two attached hydrogens (primary N) is 1. The number of benzene rings is 2. The molecule has 108 valence electrons. The van der Waals surface area contributed by atoms with Gasteiger partial charge in [-0.05, 0) is 61.1 Å². The molecule has 3 N–H and O–H groups in total. The summed E-state index contributed by atoms with van der Waals surface area (Å²) in [5.74, 6) is -0.155. The zero-order valence-electron chi connectivity index (χ0n) is 11.7. The molecule has 0 saturated carbocycles. The van der Waals surface area contributed by atoms with Crippen LogP contribution in [0, 0.1) is 0 Å². The van der Waals surface area contributed by atoms with Crippen LogP contribution in [-0.4, -0.2) is 5.91 Å². The molecular weight excluding hydrogens is 284 g/mol. The minimum Gasteiger partial charge on any atom is -0.398 e. The van der Waals surface area contributed by atoms with Crippen molar-refractivity contribution in [3.8, 4) is 0 Å². The van der Waals surface area contributed by atoms with Crippen LogP contribution in [0.25, 0.3) is 0 Å². The first-order valence-corrected chi connectivity index (χ1v) is 7.50. The van der Waals surface area contributed by atoms with E-state index in [1.807, 2.05) is 12.1 Å². The highest BCUT2D eigenvalue weighted by atomic mass is 35.5. The molecule has 0 aliphatic heterocycles. The van der Waals surface area contributed by atoms with E-state index in [1.165, 1.54) is 24.0 Å². The lowest BCUT2D eigenvalue weighted by atomic mass is 9.90. The Bertz CT molecular complexity index is 697. The quantitative estimate of drug-likeness (QED) is 0.822. The molecule has 21 heavy (non-hydrogen) atoms. The van der Waals surface area contributed by atoms with Crippen LogP contribution in [0.1, 0.15) is 34.3 Å². The van der Waals surface area contributed by atoms with Gasteiger partial charge in [-0.1, -0.05) is 23.7 Å². The molecule has 1 amide bonds. The minimum atomic E-state index is -0.155. The predicted octanol–water partition coefficient (Wildman–Crippen LogP) is 4.05. The summed E-state index contributed by atoms with van der Waals surface area (Å²) in [6.07, 6.45) is 4.51. The second kappa shape index (κ2) is 5.78. The summed E-state index contributed by atoms with van der Waals surface area (Å²) in [5, 5.41) is 3.46. The van der Waals surface area contributed by atoms with Crippen LogP contribution < -0.4 is 11.1 Å². The van der Waals surface area contributed by atoms with Gasteiger partial charge in [0.05, 0.1) is 10.7 Å². The van der Waals surface area contributed by atoms with Crippen LogP contribution in [0.5, 0.6) is 0 Å². The van der Waals surface area contributed by atoms with Crippen LogP contribution in [0.15, 0.2) is 36.4 Å². The van der Waals surface area contributed by atoms with Gasteiger partial charge in [0.25, 0.3) is 5.91 Å². The van der Waals surface area contributed by atoms with E-state index in [9.17, 15) is 4.79 Å². The topological polar surface area (TPSA) is 55.1 Å². The molecule has 4 heteroatoms. The molecule has 2 aromatic carbocycles. The summed E-state index contributed by atoms with van der Waals surface area (Å²) in [5.41, 5.74) is 10.2. The molecule has 1 aliphatic carbocycles. The Labute approximate surface area is 129 Å². The third-order valence-corrected chi connectivity index (χ3v) is 4.25. The van der Waals surface area contributed by atoms with E-state index in [-0.39, 0.29) is 5.91 Å². The predicted molar refractivity (Wildman–Crippen MR) is 86.9 cm³/mol. The number of fused-ring (bicyclic) bond motifs is 1. The number of carbonyl (C=O) groups is 1. The smallest absolute Gasteiger partial charge is 0.255 e. The fourth-order valence-electron chi connectivity index (χ4n) is 2.78. The van der Waals surface area contributed by atoms with Gasteiger partial charge in [0.2, 0.25) is 0 Å². The maximum Gasteiger partial charge on any atom is 0.255 e. The van der Waals surface area contributed by atoms with Crippen LogP contribution in [-0.2, 0) is 12.8 Å². The zero-order valence-corrected chi connectivity index (χ0v) is 12.4. The summed E-state index contributed by atoms with van der Waals surface area (Å²) in [6.45, 7) is 0. The number of amides is 1. The first kappa shape index (κ1) is 14.0. The third-order valence-electron chi connectivity index (χ3n) is 3.90. The number of nitrogen functional groups attached to an aromatic ring is 1. The number of anilines is 2. The van der Waals surface area contributed by atoms with Crippen LogP contribution >= 0.6 is 11.6 Å². The molecule has 3 nitrogen and oxygen atoms in total. The van der Waals surface area contributed by atoms with Crippen molar-refractivity contribution in [3.05, 3.63) is 58.1 Å². The van der Waals surface area contributed by atoms with Crippen molar-refractivity contribution in [3.63, 3.8) is 0 Å². The Morgan fingerprint density at radius 1 is 1.14 bits per heavy atom. The fraction of sp³-hybridized carbons (Fsp3) is 0.235. The Balaban J connectivity index is 1.86. The average molecular weight is 301 g/mol. The van der Waals surface area contributed by atoms with Gasteiger partial charge >= 0.3 is 0 Å². The van der Waals surface area contributed by atoms with Crippen molar-refractivity contribution < 1.29 is 4.79 Å². The summed E-state index contributed by atoms with van der Waals surface area (Å²) in [7, 11) is 0. The number of hydrogen-bond acceptors (Lipinski definition) is 2. The molecule has 0 aromatic heterocycles. The van der Waals surface area contributed by atoms with Crippen LogP contribution in [0.3, 0.4) is 0 Å². The lowest BCUT2D eigenvalue weighted by Gasteiger charge is -2.19. The largest absolute Gasteiger partial charge is 0.398 e. The van der Waals surface area contributed by atoms with E-state index in [0.717, 1.165) is 18.5 Å². The van der Waals surface area contributed by atoms with Gasteiger partial charge in [0.1, 0.15) is 0 Å². The van der Waals surface area contributed by atoms with E-state index in [0.29, 0.717) is 16.3 Å². The number of hydrogen-bond donors (Lipinski definition) is 2. The van der Waals surface area contributed by atoms with Crippen molar-refractivity contribution in [2.75, 3.05) is 11.1 Å². The van der Waals surface area contributed by atoms with Gasteiger partial charge in [-0.2, -0.15) is 0 Å². The van der Waals surface area contributed by atoms with Gasteiger partial charge in [-0.3, -0.25) is 4.79 Å². The Morgan fingerprint density at radius 2 is 1.95 bits per heavy atom. The van der Waals surface area contributed by atoms with E-state index >= 15 is 0 Å². The van der Waals surface area contributed by atoms with E-state index in [1.54, 1.807) is 18.2 Å². The number of rotatable bonds is 2. The fourth-order valence-corrected chi connectivity index (χ4v) is 2.90. The molecule has 0 heterocycles. The molecule has 2 aromatic rings. The van der Waals surface area contributed by atoms with Gasteiger partial charge in [-0.15, -0.1) is 0 Å². The van der Waals surface area contributed by atoms with Crippen molar-refractivity contribution >= 4 is 28.9 Å². The van der Waals surface area contributed by atoms with E-state index in [4.69, 9.17) is 17.3 Å².